The first-order chi connectivity index (χ1) is 14.9. The van der Waals surface area contributed by atoms with Gasteiger partial charge in [0.1, 0.15) is 0 Å². The minimum absolute atomic E-state index is 0.792. The summed E-state index contributed by atoms with van der Waals surface area (Å²) >= 11 is 0. The Hall–Kier alpha value is -1.74. The van der Waals surface area contributed by atoms with Crippen LogP contribution in [-0.4, -0.2) is 105 Å². The van der Waals surface area contributed by atoms with Gasteiger partial charge in [-0.15, -0.1) is 0 Å². The van der Waals surface area contributed by atoms with Gasteiger partial charge < -0.3 is 38.5 Å². The van der Waals surface area contributed by atoms with Crippen LogP contribution in [0.1, 0.15) is 0 Å². The van der Waals surface area contributed by atoms with E-state index in [4.69, 9.17) is 18.9 Å². The number of nitrogens with zero attached hydrogens (tertiary/aromatic N) is 4. The summed E-state index contributed by atoms with van der Waals surface area (Å²) in [7, 11) is 0. The van der Waals surface area contributed by atoms with Gasteiger partial charge >= 0.3 is 0 Å². The predicted octanol–water partition coefficient (Wildman–Crippen LogP) is 1.03. The molecule has 4 aliphatic heterocycles. The summed E-state index contributed by atoms with van der Waals surface area (Å²) in [5.74, 6) is 0. The van der Waals surface area contributed by atoms with Crippen molar-refractivity contribution in [2.75, 3.05) is 125 Å². The molecule has 0 radical (unpaired) electrons. The standard InChI is InChI=1S/C22H34N4O4/c1-9-27-10-2-23(1)19-17-21(25-5-13-29-14-6-25)22(26-7-15-30-16-8-26)18-20(19)24-3-11-28-12-4-24/h17-18H,1-16H2. The van der Waals surface area contributed by atoms with E-state index in [1.165, 1.54) is 22.7 Å². The summed E-state index contributed by atoms with van der Waals surface area (Å²) in [6.45, 7) is 13.9. The molecule has 5 rings (SSSR count). The lowest BCUT2D eigenvalue weighted by atomic mass is 10.1. The smallest absolute Gasteiger partial charge is 0.0642 e. The summed E-state index contributed by atoms with van der Waals surface area (Å²) in [6.07, 6.45) is 0. The van der Waals surface area contributed by atoms with E-state index in [1.54, 1.807) is 0 Å². The van der Waals surface area contributed by atoms with Crippen molar-refractivity contribution in [2.45, 2.75) is 0 Å². The SMILES string of the molecule is c1c(N2CCOCC2)c(N2CCOCC2)cc(N2CCOCC2)c1N1CCOCC1. The van der Waals surface area contributed by atoms with E-state index in [2.05, 4.69) is 31.7 Å². The van der Waals surface area contributed by atoms with Crippen molar-refractivity contribution >= 4 is 22.7 Å². The maximum atomic E-state index is 5.65. The van der Waals surface area contributed by atoms with E-state index in [1.807, 2.05) is 0 Å². The molecular formula is C22H34N4O4. The quantitative estimate of drug-likeness (QED) is 0.719. The predicted molar refractivity (Wildman–Crippen MR) is 119 cm³/mol. The summed E-state index contributed by atoms with van der Waals surface area (Å²) in [6, 6.07) is 4.87. The van der Waals surface area contributed by atoms with Gasteiger partial charge in [0.15, 0.2) is 0 Å². The highest BCUT2D eigenvalue weighted by atomic mass is 16.5. The fourth-order valence-electron chi connectivity index (χ4n) is 4.78. The Balaban J connectivity index is 1.57. The maximum absolute atomic E-state index is 5.65. The van der Waals surface area contributed by atoms with Crippen LogP contribution in [0.5, 0.6) is 0 Å². The van der Waals surface area contributed by atoms with Gasteiger partial charge in [-0.2, -0.15) is 0 Å². The van der Waals surface area contributed by atoms with E-state index in [0.29, 0.717) is 0 Å². The van der Waals surface area contributed by atoms with E-state index in [9.17, 15) is 0 Å². The molecular weight excluding hydrogens is 384 g/mol. The van der Waals surface area contributed by atoms with Gasteiger partial charge in [0, 0.05) is 52.4 Å². The second-order valence-electron chi connectivity index (χ2n) is 8.23. The number of hydrogen-bond donors (Lipinski definition) is 0. The van der Waals surface area contributed by atoms with Crippen molar-refractivity contribution in [1.29, 1.82) is 0 Å². The highest BCUT2D eigenvalue weighted by Crippen LogP contribution is 2.42. The van der Waals surface area contributed by atoms with E-state index in [-0.39, 0.29) is 0 Å². The molecule has 1 aromatic rings. The molecule has 166 valence electrons. The van der Waals surface area contributed by atoms with Gasteiger partial charge in [-0.3, -0.25) is 0 Å². The maximum Gasteiger partial charge on any atom is 0.0642 e. The average Bonchev–Trinajstić information content (AvgIpc) is 2.85. The Morgan fingerprint density at radius 2 is 0.567 bits per heavy atom. The van der Waals surface area contributed by atoms with Gasteiger partial charge in [-0.25, -0.2) is 0 Å². The van der Waals surface area contributed by atoms with Gasteiger partial charge in [0.2, 0.25) is 0 Å². The fraction of sp³-hybridized carbons (Fsp3) is 0.727. The van der Waals surface area contributed by atoms with Crippen molar-refractivity contribution < 1.29 is 18.9 Å². The van der Waals surface area contributed by atoms with Crippen LogP contribution >= 0.6 is 0 Å². The molecule has 8 heteroatoms. The fourth-order valence-corrected chi connectivity index (χ4v) is 4.78. The molecule has 0 unspecified atom stereocenters. The van der Waals surface area contributed by atoms with Crippen LogP contribution in [0, 0.1) is 0 Å². The molecule has 30 heavy (non-hydrogen) atoms. The summed E-state index contributed by atoms with van der Waals surface area (Å²) in [5.41, 5.74) is 5.33. The molecule has 1 aromatic carbocycles. The lowest BCUT2D eigenvalue weighted by molar-refractivity contribution is 0.120. The van der Waals surface area contributed by atoms with Crippen LogP contribution in [0.4, 0.5) is 22.7 Å². The highest BCUT2D eigenvalue weighted by Gasteiger charge is 2.27. The second-order valence-corrected chi connectivity index (χ2v) is 8.23. The van der Waals surface area contributed by atoms with Gasteiger partial charge in [-0.1, -0.05) is 0 Å². The van der Waals surface area contributed by atoms with Gasteiger partial charge in [0.25, 0.3) is 0 Å². The third kappa shape index (κ3) is 4.32. The lowest BCUT2D eigenvalue weighted by Crippen LogP contribution is -2.42. The van der Waals surface area contributed by atoms with E-state index in [0.717, 1.165) is 105 Å². The number of rotatable bonds is 4. The molecule has 0 aromatic heterocycles. The third-order valence-corrected chi connectivity index (χ3v) is 6.48. The number of morpholine rings is 4. The van der Waals surface area contributed by atoms with Crippen molar-refractivity contribution in [1.82, 2.24) is 0 Å². The molecule has 4 saturated heterocycles. The molecule has 0 saturated carbocycles. The molecule has 0 N–H and O–H groups in total. The first kappa shape index (κ1) is 20.2. The topological polar surface area (TPSA) is 49.9 Å². The molecule has 0 atom stereocenters. The Bertz CT molecular complexity index is 580. The van der Waals surface area contributed by atoms with Gasteiger partial charge in [0.05, 0.1) is 75.6 Å². The average molecular weight is 419 g/mol. The second kappa shape index (κ2) is 9.60. The van der Waals surface area contributed by atoms with Crippen molar-refractivity contribution in [2.24, 2.45) is 0 Å². The number of benzene rings is 1. The van der Waals surface area contributed by atoms with E-state index >= 15 is 0 Å². The molecule has 4 fully saturated rings. The van der Waals surface area contributed by atoms with Crippen LogP contribution in [0.15, 0.2) is 12.1 Å². The molecule has 0 amide bonds. The summed E-state index contributed by atoms with van der Waals surface area (Å²) < 4.78 is 22.6. The number of anilines is 4. The van der Waals surface area contributed by atoms with Crippen LogP contribution in [-0.2, 0) is 18.9 Å². The monoisotopic (exact) mass is 418 g/mol. The third-order valence-electron chi connectivity index (χ3n) is 6.48. The number of hydrogen-bond acceptors (Lipinski definition) is 8. The van der Waals surface area contributed by atoms with E-state index < -0.39 is 0 Å². The van der Waals surface area contributed by atoms with Crippen LogP contribution in [0.2, 0.25) is 0 Å². The minimum Gasteiger partial charge on any atom is -0.378 e. The van der Waals surface area contributed by atoms with Crippen LogP contribution in [0.25, 0.3) is 0 Å². The highest BCUT2D eigenvalue weighted by molar-refractivity contribution is 5.86. The number of ether oxygens (including phenoxy) is 4. The molecule has 0 aliphatic carbocycles. The largest absolute Gasteiger partial charge is 0.378 e. The zero-order valence-electron chi connectivity index (χ0n) is 17.9. The molecule has 4 aliphatic rings. The molecule has 8 nitrogen and oxygen atoms in total. The molecule has 4 heterocycles. The lowest BCUT2D eigenvalue weighted by Gasteiger charge is -2.40. The Morgan fingerprint density at radius 3 is 0.767 bits per heavy atom. The molecule has 0 bridgehead atoms. The summed E-state index contributed by atoms with van der Waals surface area (Å²) in [4.78, 5) is 10.0. The van der Waals surface area contributed by atoms with Crippen molar-refractivity contribution in [3.63, 3.8) is 0 Å². The van der Waals surface area contributed by atoms with Crippen LogP contribution in [0.3, 0.4) is 0 Å². The molecule has 0 spiro atoms. The summed E-state index contributed by atoms with van der Waals surface area (Å²) in [5, 5.41) is 0. The van der Waals surface area contributed by atoms with Gasteiger partial charge in [-0.05, 0) is 12.1 Å². The van der Waals surface area contributed by atoms with Crippen LogP contribution < -0.4 is 19.6 Å². The minimum atomic E-state index is 0.792. The Kier molecular flexibility index (Phi) is 6.45. The Morgan fingerprint density at radius 1 is 0.367 bits per heavy atom. The normalized spacial score (nSPS) is 23.7. The Labute approximate surface area is 179 Å². The first-order valence-electron chi connectivity index (χ1n) is 11.4. The zero-order chi connectivity index (χ0) is 20.2. The van der Waals surface area contributed by atoms with Crippen molar-refractivity contribution in [3.8, 4) is 0 Å². The first-order valence-corrected chi connectivity index (χ1v) is 11.4. The van der Waals surface area contributed by atoms with Crippen molar-refractivity contribution in [3.05, 3.63) is 12.1 Å². The zero-order valence-corrected chi connectivity index (χ0v) is 17.9.